The largest absolute Gasteiger partial charge is 0.423 e. The molecule has 26 heavy (non-hydrogen) atoms. The van der Waals surface area contributed by atoms with E-state index >= 15 is 0 Å². The van der Waals surface area contributed by atoms with Gasteiger partial charge in [-0.2, -0.15) is 0 Å². The van der Waals surface area contributed by atoms with E-state index in [-0.39, 0.29) is 12.0 Å². The Labute approximate surface area is 152 Å². The average Bonchev–Trinajstić information content (AvgIpc) is 2.62. The topological polar surface area (TPSA) is 93.2 Å². The number of para-hydroxylation sites is 1. The van der Waals surface area contributed by atoms with Crippen molar-refractivity contribution in [1.29, 1.82) is 0 Å². The number of hydrogen-bond acceptors (Lipinski definition) is 7. The zero-order valence-electron chi connectivity index (χ0n) is 15.1. The van der Waals surface area contributed by atoms with E-state index in [1.54, 1.807) is 24.3 Å². The van der Waals surface area contributed by atoms with Crippen LogP contribution in [0.2, 0.25) is 0 Å². The molecule has 0 aliphatic carbocycles. The summed E-state index contributed by atoms with van der Waals surface area (Å²) in [6.07, 6.45) is 2.95. The summed E-state index contributed by atoms with van der Waals surface area (Å²) >= 11 is 0. The molecule has 2 N–H and O–H groups in total. The number of hydrogen-bond donors (Lipinski definition) is 1. The van der Waals surface area contributed by atoms with Crippen molar-refractivity contribution in [3.05, 3.63) is 42.1 Å². The normalized spacial score (nSPS) is 18.2. The number of benzene rings is 1. The van der Waals surface area contributed by atoms with E-state index in [2.05, 4.69) is 15.2 Å². The number of nitrogen functional groups attached to an aromatic ring is 1. The van der Waals surface area contributed by atoms with Gasteiger partial charge in [-0.1, -0.05) is 18.6 Å². The maximum absolute atomic E-state index is 12.5. The lowest BCUT2D eigenvalue weighted by atomic mass is 10.0. The maximum Gasteiger partial charge on any atom is 0.328 e. The van der Waals surface area contributed by atoms with Gasteiger partial charge in [0.25, 0.3) is 0 Å². The summed E-state index contributed by atoms with van der Waals surface area (Å²) in [4.78, 5) is 18.7. The number of piperidine rings is 1. The Bertz CT molecular complexity index is 821. The summed E-state index contributed by atoms with van der Waals surface area (Å²) in [5, 5.41) is 8.35. The molecule has 1 fully saturated rings. The molecule has 1 aromatic carbocycles. The highest BCUT2D eigenvalue weighted by molar-refractivity contribution is 5.79. The van der Waals surface area contributed by atoms with E-state index in [1.165, 1.54) is 0 Å². The maximum atomic E-state index is 12.5. The van der Waals surface area contributed by atoms with E-state index in [9.17, 15) is 4.79 Å². The molecular formula is C19H23N5O2. The lowest BCUT2D eigenvalue weighted by Crippen LogP contribution is -2.44. The van der Waals surface area contributed by atoms with Crippen molar-refractivity contribution in [2.24, 2.45) is 10.2 Å². The number of ether oxygens (including phenoxy) is 1. The molecule has 1 saturated heterocycles. The van der Waals surface area contributed by atoms with Crippen LogP contribution in [0, 0.1) is 6.92 Å². The van der Waals surface area contributed by atoms with Crippen LogP contribution in [0.3, 0.4) is 0 Å². The molecule has 136 valence electrons. The summed E-state index contributed by atoms with van der Waals surface area (Å²) in [5.74, 6) is 0.442. The van der Waals surface area contributed by atoms with E-state index in [4.69, 9.17) is 10.5 Å². The molecule has 0 amide bonds. The standard InChI is InChI=1S/C19H23N5O2/c1-13-10-11-15(18(20)21-13)23-22-14-7-3-4-9-17(14)26-19(25)16-8-5-6-12-24(16)2/h3-4,7,9-11,16H,5-6,8,12H2,1-2H3,(H2,20,21)/b23-22+. The van der Waals surface area contributed by atoms with Crippen LogP contribution in [0.1, 0.15) is 25.0 Å². The molecular weight excluding hydrogens is 330 g/mol. The van der Waals surface area contributed by atoms with Crippen LogP contribution in [0.15, 0.2) is 46.6 Å². The number of esters is 1. The smallest absolute Gasteiger partial charge is 0.328 e. The van der Waals surface area contributed by atoms with Crippen molar-refractivity contribution in [3.63, 3.8) is 0 Å². The number of likely N-dealkylation sites (tertiary alicyclic amines) is 1. The van der Waals surface area contributed by atoms with Crippen LogP contribution in [0.4, 0.5) is 17.2 Å². The first-order valence-electron chi connectivity index (χ1n) is 8.70. The number of azo groups is 1. The van der Waals surface area contributed by atoms with Crippen molar-refractivity contribution < 1.29 is 9.53 Å². The number of anilines is 1. The number of pyridine rings is 1. The third-order valence-electron chi connectivity index (χ3n) is 4.43. The molecule has 1 aliphatic rings. The monoisotopic (exact) mass is 353 g/mol. The van der Waals surface area contributed by atoms with Crippen LogP contribution in [-0.2, 0) is 4.79 Å². The summed E-state index contributed by atoms with van der Waals surface area (Å²) in [5.41, 5.74) is 7.62. The molecule has 0 saturated carbocycles. The summed E-state index contributed by atoms with van der Waals surface area (Å²) < 4.78 is 5.61. The molecule has 3 rings (SSSR count). The third kappa shape index (κ3) is 4.23. The van der Waals surface area contributed by atoms with E-state index < -0.39 is 0 Å². The number of aromatic nitrogens is 1. The van der Waals surface area contributed by atoms with Crippen LogP contribution in [-0.4, -0.2) is 35.5 Å². The first kappa shape index (κ1) is 18.0. The van der Waals surface area contributed by atoms with E-state index in [1.807, 2.05) is 31.0 Å². The van der Waals surface area contributed by atoms with Gasteiger partial charge in [-0.25, -0.2) is 9.78 Å². The molecule has 1 aliphatic heterocycles. The minimum atomic E-state index is -0.258. The lowest BCUT2D eigenvalue weighted by Gasteiger charge is -2.30. The predicted molar refractivity (Wildman–Crippen MR) is 99.9 cm³/mol. The molecule has 2 heterocycles. The molecule has 1 aromatic heterocycles. The van der Waals surface area contributed by atoms with Gasteiger partial charge in [0.05, 0.1) is 0 Å². The fourth-order valence-corrected chi connectivity index (χ4v) is 2.94. The highest BCUT2D eigenvalue weighted by Crippen LogP contribution is 2.31. The second-order valence-electron chi connectivity index (χ2n) is 6.44. The second kappa shape index (κ2) is 8.05. The number of likely N-dealkylation sites (N-methyl/N-ethyl adjacent to an activating group) is 1. The van der Waals surface area contributed by atoms with E-state index in [0.29, 0.717) is 22.9 Å². The fraction of sp³-hybridized carbons (Fsp3) is 0.368. The molecule has 2 aromatic rings. The van der Waals surface area contributed by atoms with Gasteiger partial charge in [0.15, 0.2) is 11.6 Å². The molecule has 1 atom stereocenters. The van der Waals surface area contributed by atoms with Crippen molar-refractivity contribution in [2.75, 3.05) is 19.3 Å². The first-order chi connectivity index (χ1) is 12.5. The molecule has 7 nitrogen and oxygen atoms in total. The van der Waals surface area contributed by atoms with Crippen molar-refractivity contribution in [2.45, 2.75) is 32.2 Å². The number of nitrogens with zero attached hydrogens (tertiary/aromatic N) is 4. The molecule has 1 unspecified atom stereocenters. The van der Waals surface area contributed by atoms with E-state index in [0.717, 1.165) is 31.5 Å². The van der Waals surface area contributed by atoms with Crippen LogP contribution in [0.25, 0.3) is 0 Å². The van der Waals surface area contributed by atoms with Crippen molar-refractivity contribution in [3.8, 4) is 5.75 Å². The van der Waals surface area contributed by atoms with Gasteiger partial charge in [-0.05, 0) is 57.6 Å². The first-order valence-corrected chi connectivity index (χ1v) is 8.70. The zero-order chi connectivity index (χ0) is 18.5. The molecule has 0 radical (unpaired) electrons. The van der Waals surface area contributed by atoms with Gasteiger partial charge >= 0.3 is 5.97 Å². The van der Waals surface area contributed by atoms with Crippen molar-refractivity contribution >= 4 is 23.2 Å². The molecule has 7 heteroatoms. The number of carbonyl (C=O) groups is 1. The van der Waals surface area contributed by atoms with Crippen LogP contribution in [0.5, 0.6) is 5.75 Å². The van der Waals surface area contributed by atoms with Gasteiger partial charge in [0.2, 0.25) is 0 Å². The lowest BCUT2D eigenvalue weighted by molar-refractivity contribution is -0.141. The third-order valence-corrected chi connectivity index (χ3v) is 4.43. The van der Waals surface area contributed by atoms with Crippen molar-refractivity contribution in [1.82, 2.24) is 9.88 Å². The van der Waals surface area contributed by atoms with Crippen LogP contribution < -0.4 is 10.5 Å². The number of nitrogens with two attached hydrogens (primary N) is 1. The second-order valence-corrected chi connectivity index (χ2v) is 6.44. The summed E-state index contributed by atoms with van der Waals surface area (Å²) in [6.45, 7) is 2.76. The van der Waals surface area contributed by atoms with Gasteiger partial charge < -0.3 is 10.5 Å². The fourth-order valence-electron chi connectivity index (χ4n) is 2.94. The Morgan fingerprint density at radius 1 is 1.19 bits per heavy atom. The SMILES string of the molecule is Cc1ccc(/N=N/c2ccccc2OC(=O)C2CCCCN2C)c(N)n1. The Morgan fingerprint density at radius 3 is 2.73 bits per heavy atom. The van der Waals surface area contributed by atoms with Crippen LogP contribution >= 0.6 is 0 Å². The number of rotatable bonds is 4. The predicted octanol–water partition coefficient (Wildman–Crippen LogP) is 3.78. The zero-order valence-corrected chi connectivity index (χ0v) is 15.1. The van der Waals surface area contributed by atoms with Gasteiger partial charge in [-0.15, -0.1) is 10.2 Å². The summed E-state index contributed by atoms with van der Waals surface area (Å²) in [7, 11) is 1.95. The Balaban J connectivity index is 1.77. The Morgan fingerprint density at radius 2 is 1.96 bits per heavy atom. The highest BCUT2D eigenvalue weighted by atomic mass is 16.5. The van der Waals surface area contributed by atoms with Gasteiger partial charge in [0.1, 0.15) is 17.4 Å². The number of carbonyl (C=O) groups excluding carboxylic acids is 1. The average molecular weight is 353 g/mol. The Hall–Kier alpha value is -2.80. The quantitative estimate of drug-likeness (QED) is 0.513. The number of aryl methyl sites for hydroxylation is 1. The minimum Gasteiger partial charge on any atom is -0.423 e. The summed E-state index contributed by atoms with van der Waals surface area (Å²) in [6, 6.07) is 10.4. The molecule has 0 bridgehead atoms. The highest BCUT2D eigenvalue weighted by Gasteiger charge is 2.28. The van der Waals surface area contributed by atoms with Gasteiger partial charge in [0, 0.05) is 5.69 Å². The molecule has 0 spiro atoms. The minimum absolute atomic E-state index is 0.217. The van der Waals surface area contributed by atoms with Gasteiger partial charge in [-0.3, -0.25) is 4.90 Å². The Kier molecular flexibility index (Phi) is 5.58.